The molecule has 7 nitrogen and oxygen atoms in total. The smallest absolute Gasteiger partial charge is 0.302 e. The van der Waals surface area contributed by atoms with Crippen LogP contribution in [-0.4, -0.2) is 62.0 Å². The first-order chi connectivity index (χ1) is 18.4. The van der Waals surface area contributed by atoms with Crippen molar-refractivity contribution in [3.63, 3.8) is 0 Å². The zero-order valence-electron chi connectivity index (χ0n) is 21.9. The number of anilines is 1. The van der Waals surface area contributed by atoms with Gasteiger partial charge in [-0.2, -0.15) is 0 Å². The molecule has 0 aliphatic carbocycles. The van der Waals surface area contributed by atoms with Crippen LogP contribution >= 0.6 is 23.2 Å². The molecule has 1 unspecified atom stereocenters. The summed E-state index contributed by atoms with van der Waals surface area (Å²) in [5.41, 5.74) is 1.45. The quantitative estimate of drug-likeness (QED) is 0.180. The first kappa shape index (κ1) is 28.3. The molecule has 1 aliphatic rings. The van der Waals surface area contributed by atoms with Crippen molar-refractivity contribution in [1.82, 2.24) is 9.47 Å². The maximum absolute atomic E-state index is 12.5. The number of rotatable bonds is 11. The van der Waals surface area contributed by atoms with Crippen LogP contribution in [0.25, 0.3) is 10.9 Å². The molecule has 1 aromatic heterocycles. The number of nitrogens with zero attached hydrogens (tertiary/aromatic N) is 3. The molecule has 10 heteroatoms. The summed E-state index contributed by atoms with van der Waals surface area (Å²) in [7, 11) is 1.76. The van der Waals surface area contributed by atoms with Gasteiger partial charge in [0.25, 0.3) is 5.56 Å². The molecule has 2 heterocycles. The lowest BCUT2D eigenvalue weighted by molar-refractivity contribution is -0.146. The number of aromatic nitrogens is 1. The molecule has 1 aliphatic heterocycles. The molecule has 0 saturated carbocycles. The van der Waals surface area contributed by atoms with Gasteiger partial charge in [-0.25, -0.2) is 0 Å². The number of piperazine rings is 1. The van der Waals surface area contributed by atoms with Crippen molar-refractivity contribution in [3.05, 3.63) is 68.9 Å². The number of ether oxygens (including phenoxy) is 2. The normalized spacial score (nSPS) is 14.9. The van der Waals surface area contributed by atoms with Crippen LogP contribution in [0.2, 0.25) is 22.7 Å². The number of carbonyl (C=O) groups excluding carboxylic acids is 1. The standard InChI is InChI=1S/C28H33BCl2N3O4/c1-20(29-2)28(36)38-19-34-25-18-22(10-8-21(25)9-11-26(34)35)37-17-4-3-12-32-13-15-33(16-14-32)24-7-5-6-23(30)27(24)31/h5-11,18,20H,3-4,12-17,19H2,1-2H3. The number of carbonyl (C=O) groups is 1. The molecule has 38 heavy (non-hydrogen) atoms. The minimum atomic E-state index is -0.363. The Balaban J connectivity index is 1.24. The second-order valence-corrected chi connectivity index (χ2v) is 10.3. The molecule has 1 saturated heterocycles. The first-order valence-corrected chi connectivity index (χ1v) is 13.8. The SMILES string of the molecule is C[B]C(C)C(=O)OCn1c(=O)ccc2ccc(OCCCCN3CCN(c4cccc(Cl)c4Cl)CC3)cc21. The molecule has 201 valence electrons. The van der Waals surface area contributed by atoms with Gasteiger partial charge in [-0.05, 0) is 55.1 Å². The van der Waals surface area contributed by atoms with E-state index >= 15 is 0 Å². The van der Waals surface area contributed by atoms with Gasteiger partial charge in [0.2, 0.25) is 0 Å². The van der Waals surface area contributed by atoms with Gasteiger partial charge >= 0.3 is 5.97 Å². The van der Waals surface area contributed by atoms with Crippen LogP contribution in [0.1, 0.15) is 19.8 Å². The van der Waals surface area contributed by atoms with Crippen LogP contribution in [0.5, 0.6) is 5.75 Å². The minimum Gasteiger partial charge on any atom is -0.494 e. The van der Waals surface area contributed by atoms with Crippen molar-refractivity contribution in [2.75, 3.05) is 44.2 Å². The Kier molecular flexibility index (Phi) is 10.00. The third kappa shape index (κ3) is 7.04. The topological polar surface area (TPSA) is 64.0 Å². The van der Waals surface area contributed by atoms with Gasteiger partial charge in [0.05, 0.1) is 27.9 Å². The lowest BCUT2D eigenvalue weighted by Crippen LogP contribution is -2.46. The third-order valence-electron chi connectivity index (χ3n) is 6.95. The van der Waals surface area contributed by atoms with E-state index < -0.39 is 0 Å². The summed E-state index contributed by atoms with van der Waals surface area (Å²) < 4.78 is 12.8. The second-order valence-electron chi connectivity index (χ2n) is 9.49. The van der Waals surface area contributed by atoms with Crippen LogP contribution in [0.4, 0.5) is 5.69 Å². The van der Waals surface area contributed by atoms with Gasteiger partial charge in [0, 0.05) is 44.1 Å². The van der Waals surface area contributed by atoms with E-state index in [1.165, 1.54) is 10.6 Å². The Bertz CT molecular complexity index is 1310. The van der Waals surface area contributed by atoms with Crippen LogP contribution in [0.3, 0.4) is 0 Å². The van der Waals surface area contributed by atoms with Gasteiger partial charge in [0.1, 0.15) is 13.0 Å². The summed E-state index contributed by atoms with van der Waals surface area (Å²) in [6.07, 6.45) is 1.95. The van der Waals surface area contributed by atoms with Gasteiger partial charge in [0.15, 0.2) is 6.73 Å². The maximum atomic E-state index is 12.5. The Morgan fingerprint density at radius 3 is 2.58 bits per heavy atom. The number of halogens is 2. The second kappa shape index (κ2) is 13.4. The summed E-state index contributed by atoms with van der Waals surface area (Å²) >= 11 is 12.6. The molecule has 4 rings (SSSR count). The highest BCUT2D eigenvalue weighted by atomic mass is 35.5. The van der Waals surface area contributed by atoms with Crippen molar-refractivity contribution in [1.29, 1.82) is 0 Å². The molecule has 2 aromatic carbocycles. The van der Waals surface area contributed by atoms with E-state index in [-0.39, 0.29) is 24.1 Å². The number of pyridine rings is 1. The van der Waals surface area contributed by atoms with Crippen molar-refractivity contribution >= 4 is 53.0 Å². The molecular weight excluding hydrogens is 524 g/mol. The lowest BCUT2D eigenvalue weighted by atomic mass is 9.68. The van der Waals surface area contributed by atoms with Crippen LogP contribution in [0.15, 0.2) is 53.3 Å². The van der Waals surface area contributed by atoms with Gasteiger partial charge < -0.3 is 14.4 Å². The highest BCUT2D eigenvalue weighted by Gasteiger charge is 2.19. The average molecular weight is 557 g/mol. The van der Waals surface area contributed by atoms with E-state index in [0.717, 1.165) is 56.6 Å². The van der Waals surface area contributed by atoms with Crippen molar-refractivity contribution in [3.8, 4) is 5.75 Å². The van der Waals surface area contributed by atoms with Crippen LogP contribution in [-0.2, 0) is 16.3 Å². The van der Waals surface area contributed by atoms with E-state index in [0.29, 0.717) is 27.9 Å². The number of hydrogen-bond acceptors (Lipinski definition) is 6. The molecule has 0 bridgehead atoms. The highest BCUT2D eigenvalue weighted by Crippen LogP contribution is 2.32. The number of unbranched alkanes of at least 4 members (excludes halogenated alkanes) is 1. The molecular formula is C28H33BCl2N3O4. The molecule has 0 N–H and O–H groups in total. The lowest BCUT2D eigenvalue weighted by Gasteiger charge is -2.36. The summed E-state index contributed by atoms with van der Waals surface area (Å²) in [4.78, 5) is 29.3. The van der Waals surface area contributed by atoms with Crippen LogP contribution in [0, 0.1) is 0 Å². The van der Waals surface area contributed by atoms with Crippen molar-refractivity contribution in [2.24, 2.45) is 0 Å². The third-order valence-corrected chi connectivity index (χ3v) is 7.76. The van der Waals surface area contributed by atoms with E-state index in [9.17, 15) is 9.59 Å². The molecule has 0 amide bonds. The Labute approximate surface area is 234 Å². The number of esters is 1. The average Bonchev–Trinajstić information content (AvgIpc) is 2.93. The fourth-order valence-electron chi connectivity index (χ4n) is 4.46. The molecule has 1 radical (unpaired) electrons. The van der Waals surface area contributed by atoms with Crippen molar-refractivity contribution in [2.45, 2.75) is 39.1 Å². The van der Waals surface area contributed by atoms with Gasteiger partial charge in [-0.15, -0.1) is 0 Å². The number of benzene rings is 2. The predicted molar refractivity (Wildman–Crippen MR) is 155 cm³/mol. The molecule has 3 aromatic rings. The van der Waals surface area contributed by atoms with E-state index in [1.807, 2.05) is 36.4 Å². The summed E-state index contributed by atoms with van der Waals surface area (Å²) in [6.45, 7) is 8.82. The van der Waals surface area contributed by atoms with Gasteiger partial charge in [-0.3, -0.25) is 19.1 Å². The van der Waals surface area contributed by atoms with Crippen LogP contribution < -0.4 is 15.2 Å². The minimum absolute atomic E-state index is 0.132. The van der Waals surface area contributed by atoms with Gasteiger partial charge in [-0.1, -0.05) is 43.0 Å². The maximum Gasteiger partial charge on any atom is 0.302 e. The Hall–Kier alpha value is -2.68. The highest BCUT2D eigenvalue weighted by molar-refractivity contribution is 6.43. The van der Waals surface area contributed by atoms with E-state index in [2.05, 4.69) is 9.80 Å². The Morgan fingerprint density at radius 1 is 1.05 bits per heavy atom. The summed E-state index contributed by atoms with van der Waals surface area (Å²) in [5, 5.41) is 2.09. The van der Waals surface area contributed by atoms with Crippen molar-refractivity contribution < 1.29 is 14.3 Å². The zero-order valence-corrected chi connectivity index (χ0v) is 23.4. The Morgan fingerprint density at radius 2 is 1.82 bits per heavy atom. The molecule has 1 atom stereocenters. The number of hydrogen-bond donors (Lipinski definition) is 0. The summed E-state index contributed by atoms with van der Waals surface area (Å²) in [5.74, 6) is -0.00571. The fraction of sp³-hybridized carbons (Fsp3) is 0.429. The predicted octanol–water partition coefficient (Wildman–Crippen LogP) is 5.35. The van der Waals surface area contributed by atoms with E-state index in [4.69, 9.17) is 32.7 Å². The number of fused-ring (bicyclic) bond motifs is 1. The fourth-order valence-corrected chi connectivity index (χ4v) is 4.88. The molecule has 0 spiro atoms. The molecule has 1 fully saturated rings. The monoisotopic (exact) mass is 556 g/mol. The summed E-state index contributed by atoms with van der Waals surface area (Å²) in [6, 6.07) is 14.7. The first-order valence-electron chi connectivity index (χ1n) is 13.0. The van der Waals surface area contributed by atoms with E-state index in [1.54, 1.807) is 27.1 Å². The zero-order chi connectivity index (χ0) is 27.1. The largest absolute Gasteiger partial charge is 0.494 e.